The third kappa shape index (κ3) is 2.68. The molecule has 82 valence electrons. The van der Waals surface area contributed by atoms with Gasteiger partial charge >= 0.3 is 0 Å². The average molecular weight is 225 g/mol. The SMILES string of the molecule is NC1(CO)CCC(Sc2ncccn2)C1. The second kappa shape index (κ2) is 4.47. The van der Waals surface area contributed by atoms with Crippen LogP contribution in [0.4, 0.5) is 0 Å². The van der Waals surface area contributed by atoms with Crippen LogP contribution in [0.1, 0.15) is 19.3 Å². The van der Waals surface area contributed by atoms with Crippen LogP contribution >= 0.6 is 11.8 Å². The Morgan fingerprint density at radius 3 is 2.87 bits per heavy atom. The summed E-state index contributed by atoms with van der Waals surface area (Å²) in [6, 6.07) is 1.81. The van der Waals surface area contributed by atoms with Crippen molar-refractivity contribution < 1.29 is 5.11 Å². The molecule has 1 saturated carbocycles. The molecule has 1 aliphatic carbocycles. The number of nitrogens with zero attached hydrogens (tertiary/aromatic N) is 2. The summed E-state index contributed by atoms with van der Waals surface area (Å²) in [5.41, 5.74) is 5.62. The Kier molecular flexibility index (Phi) is 3.23. The van der Waals surface area contributed by atoms with Crippen molar-refractivity contribution in [1.29, 1.82) is 0 Å². The average Bonchev–Trinajstić information content (AvgIpc) is 2.63. The van der Waals surface area contributed by atoms with E-state index in [2.05, 4.69) is 9.97 Å². The van der Waals surface area contributed by atoms with E-state index in [9.17, 15) is 0 Å². The van der Waals surface area contributed by atoms with E-state index >= 15 is 0 Å². The van der Waals surface area contributed by atoms with Gasteiger partial charge in [0, 0.05) is 23.2 Å². The highest BCUT2D eigenvalue weighted by atomic mass is 32.2. The molecule has 1 aromatic heterocycles. The number of rotatable bonds is 3. The minimum absolute atomic E-state index is 0.0692. The lowest BCUT2D eigenvalue weighted by Crippen LogP contribution is -2.40. The zero-order valence-corrected chi connectivity index (χ0v) is 9.28. The second-order valence-corrected chi connectivity index (χ2v) is 5.30. The molecule has 0 amide bonds. The van der Waals surface area contributed by atoms with Gasteiger partial charge in [-0.1, -0.05) is 11.8 Å². The van der Waals surface area contributed by atoms with E-state index in [0.717, 1.165) is 24.4 Å². The first-order chi connectivity index (χ1) is 7.22. The standard InChI is InChI=1S/C10H15N3OS/c11-10(7-14)3-2-8(6-10)15-9-12-4-1-5-13-9/h1,4-5,8,14H,2-3,6-7,11H2. The van der Waals surface area contributed by atoms with Gasteiger partial charge in [0.2, 0.25) is 0 Å². The molecule has 5 heteroatoms. The van der Waals surface area contributed by atoms with E-state index in [0.29, 0.717) is 5.25 Å². The largest absolute Gasteiger partial charge is 0.394 e. The van der Waals surface area contributed by atoms with E-state index in [1.54, 1.807) is 30.2 Å². The van der Waals surface area contributed by atoms with Crippen LogP contribution in [0.2, 0.25) is 0 Å². The molecule has 1 fully saturated rings. The second-order valence-electron chi connectivity index (χ2n) is 4.03. The highest BCUT2D eigenvalue weighted by Crippen LogP contribution is 2.37. The van der Waals surface area contributed by atoms with Crippen molar-refractivity contribution in [3.8, 4) is 0 Å². The Bertz CT molecular complexity index is 322. The highest BCUT2D eigenvalue weighted by molar-refractivity contribution is 7.99. The molecule has 0 radical (unpaired) electrons. The van der Waals surface area contributed by atoms with Gasteiger partial charge in [0.1, 0.15) is 0 Å². The summed E-state index contributed by atoms with van der Waals surface area (Å²) in [4.78, 5) is 8.33. The van der Waals surface area contributed by atoms with Gasteiger partial charge in [-0.2, -0.15) is 0 Å². The van der Waals surface area contributed by atoms with Crippen molar-refractivity contribution in [3.05, 3.63) is 18.5 Å². The minimum Gasteiger partial charge on any atom is -0.394 e. The molecule has 2 rings (SSSR count). The molecule has 0 aromatic carbocycles. The fourth-order valence-electron chi connectivity index (χ4n) is 1.85. The minimum atomic E-state index is -0.382. The number of hydrogen-bond acceptors (Lipinski definition) is 5. The van der Waals surface area contributed by atoms with Crippen LogP contribution in [0.3, 0.4) is 0 Å². The van der Waals surface area contributed by atoms with Crippen molar-refractivity contribution in [2.24, 2.45) is 5.73 Å². The van der Waals surface area contributed by atoms with Crippen molar-refractivity contribution in [2.75, 3.05) is 6.61 Å². The van der Waals surface area contributed by atoms with Crippen LogP contribution in [-0.4, -0.2) is 32.5 Å². The van der Waals surface area contributed by atoms with E-state index in [1.165, 1.54) is 0 Å². The van der Waals surface area contributed by atoms with Crippen LogP contribution in [0.5, 0.6) is 0 Å². The molecular weight excluding hydrogens is 210 g/mol. The topological polar surface area (TPSA) is 72.0 Å². The summed E-state index contributed by atoms with van der Waals surface area (Å²) >= 11 is 1.66. The summed E-state index contributed by atoms with van der Waals surface area (Å²) in [5.74, 6) is 0. The summed E-state index contributed by atoms with van der Waals surface area (Å²) in [5, 5.41) is 10.4. The molecule has 1 aromatic rings. The molecule has 0 aliphatic heterocycles. The lowest BCUT2D eigenvalue weighted by molar-refractivity contribution is 0.200. The first-order valence-electron chi connectivity index (χ1n) is 5.05. The third-order valence-electron chi connectivity index (χ3n) is 2.73. The lowest BCUT2D eigenvalue weighted by Gasteiger charge is -2.20. The Morgan fingerprint density at radius 1 is 1.53 bits per heavy atom. The molecule has 2 atom stereocenters. The van der Waals surface area contributed by atoms with Crippen molar-refractivity contribution in [3.63, 3.8) is 0 Å². The van der Waals surface area contributed by atoms with E-state index in [1.807, 2.05) is 0 Å². The lowest BCUT2D eigenvalue weighted by atomic mass is 10.0. The van der Waals surface area contributed by atoms with Crippen LogP contribution in [-0.2, 0) is 0 Å². The summed E-state index contributed by atoms with van der Waals surface area (Å²) in [6.45, 7) is 0.0692. The Hall–Kier alpha value is -0.650. The van der Waals surface area contributed by atoms with Gasteiger partial charge in [0.15, 0.2) is 5.16 Å². The van der Waals surface area contributed by atoms with Crippen LogP contribution in [0, 0.1) is 0 Å². The zero-order valence-electron chi connectivity index (χ0n) is 8.47. The van der Waals surface area contributed by atoms with E-state index < -0.39 is 0 Å². The van der Waals surface area contributed by atoms with Gasteiger partial charge in [-0.25, -0.2) is 9.97 Å². The maximum Gasteiger partial charge on any atom is 0.187 e. The molecule has 3 N–H and O–H groups in total. The fraction of sp³-hybridized carbons (Fsp3) is 0.600. The number of aliphatic hydroxyl groups is 1. The zero-order chi connectivity index (χ0) is 10.7. The quantitative estimate of drug-likeness (QED) is 0.745. The molecular formula is C10H15N3OS. The van der Waals surface area contributed by atoms with E-state index in [4.69, 9.17) is 10.8 Å². The Morgan fingerprint density at radius 2 is 2.27 bits per heavy atom. The van der Waals surface area contributed by atoms with Gasteiger partial charge in [-0.15, -0.1) is 0 Å². The molecule has 15 heavy (non-hydrogen) atoms. The number of aliphatic hydroxyl groups excluding tert-OH is 1. The van der Waals surface area contributed by atoms with Crippen LogP contribution in [0.15, 0.2) is 23.6 Å². The molecule has 0 bridgehead atoms. The smallest absolute Gasteiger partial charge is 0.187 e. The van der Waals surface area contributed by atoms with Gasteiger partial charge in [-0.05, 0) is 25.3 Å². The third-order valence-corrected chi connectivity index (χ3v) is 3.88. The Balaban J connectivity index is 1.93. The predicted molar refractivity (Wildman–Crippen MR) is 59.5 cm³/mol. The molecule has 0 spiro atoms. The van der Waals surface area contributed by atoms with Gasteiger partial charge < -0.3 is 10.8 Å². The maximum absolute atomic E-state index is 9.14. The molecule has 0 saturated heterocycles. The molecule has 1 aliphatic rings. The number of thioether (sulfide) groups is 1. The molecule has 4 nitrogen and oxygen atoms in total. The van der Waals surface area contributed by atoms with Gasteiger partial charge in [-0.3, -0.25) is 0 Å². The molecule has 1 heterocycles. The van der Waals surface area contributed by atoms with Gasteiger partial charge in [0.25, 0.3) is 0 Å². The predicted octanol–water partition coefficient (Wildman–Crippen LogP) is 0.811. The summed E-state index contributed by atoms with van der Waals surface area (Å²) in [7, 11) is 0. The van der Waals surface area contributed by atoms with Crippen LogP contribution in [0.25, 0.3) is 0 Å². The van der Waals surface area contributed by atoms with Crippen molar-refractivity contribution in [1.82, 2.24) is 9.97 Å². The van der Waals surface area contributed by atoms with Gasteiger partial charge in [0.05, 0.1) is 6.61 Å². The monoisotopic (exact) mass is 225 g/mol. The normalized spacial score (nSPS) is 30.7. The first-order valence-corrected chi connectivity index (χ1v) is 5.93. The first kappa shape index (κ1) is 10.9. The fourth-order valence-corrected chi connectivity index (χ4v) is 3.04. The van der Waals surface area contributed by atoms with Crippen molar-refractivity contribution >= 4 is 11.8 Å². The Labute approximate surface area is 93.3 Å². The number of nitrogens with two attached hydrogens (primary N) is 1. The number of hydrogen-bond donors (Lipinski definition) is 2. The molecule has 2 unspecified atom stereocenters. The van der Waals surface area contributed by atoms with Crippen molar-refractivity contribution in [2.45, 2.75) is 35.2 Å². The number of aromatic nitrogens is 2. The van der Waals surface area contributed by atoms with Crippen LogP contribution < -0.4 is 5.73 Å². The maximum atomic E-state index is 9.14. The summed E-state index contributed by atoms with van der Waals surface area (Å²) in [6.07, 6.45) is 6.23. The highest BCUT2D eigenvalue weighted by Gasteiger charge is 2.35. The van der Waals surface area contributed by atoms with E-state index in [-0.39, 0.29) is 12.1 Å². The summed E-state index contributed by atoms with van der Waals surface area (Å²) < 4.78 is 0.